The van der Waals surface area contributed by atoms with Crippen LogP contribution in [0.25, 0.3) is 0 Å². The molecule has 0 radical (unpaired) electrons. The third-order valence-electron chi connectivity index (χ3n) is 5.08. The van der Waals surface area contributed by atoms with Crippen LogP contribution in [0.1, 0.15) is 74.1 Å². The lowest BCUT2D eigenvalue weighted by Gasteiger charge is -2.19. The maximum Gasteiger partial charge on any atom is 0.0175 e. The van der Waals surface area contributed by atoms with Crippen molar-refractivity contribution in [2.24, 2.45) is 0 Å². The minimum atomic E-state index is 0.529. The smallest absolute Gasteiger partial charge is 0.0175 e. The molecule has 24 heavy (non-hydrogen) atoms. The van der Waals surface area contributed by atoms with E-state index in [4.69, 9.17) is 0 Å². The first-order valence-electron chi connectivity index (χ1n) is 9.56. The molecule has 1 atom stereocenters. The molecular formula is C23H37N. The molecule has 0 N–H and O–H groups in total. The van der Waals surface area contributed by atoms with Crippen LogP contribution < -0.4 is 0 Å². The van der Waals surface area contributed by atoms with Gasteiger partial charge in [0.25, 0.3) is 0 Å². The molecule has 0 amide bonds. The number of unbranched alkanes of at least 4 members (excludes halogenated alkanes) is 1. The van der Waals surface area contributed by atoms with E-state index in [0.717, 1.165) is 6.42 Å². The van der Waals surface area contributed by atoms with Crippen molar-refractivity contribution in [1.82, 2.24) is 4.90 Å². The maximum absolute atomic E-state index is 4.02. The molecule has 0 aliphatic carbocycles. The monoisotopic (exact) mass is 327 g/mol. The fraction of sp³-hybridized carbons (Fsp3) is 0.565. The summed E-state index contributed by atoms with van der Waals surface area (Å²) in [5, 5.41) is 0. The van der Waals surface area contributed by atoms with E-state index in [2.05, 4.69) is 71.0 Å². The molecule has 134 valence electrons. The third-order valence-corrected chi connectivity index (χ3v) is 5.08. The highest BCUT2D eigenvalue weighted by Gasteiger charge is 2.13. The zero-order chi connectivity index (χ0) is 18.1. The second-order valence-corrected chi connectivity index (χ2v) is 7.07. The largest absolute Gasteiger partial charge is 0.378 e. The van der Waals surface area contributed by atoms with Crippen molar-refractivity contribution < 1.29 is 0 Å². The van der Waals surface area contributed by atoms with Crippen molar-refractivity contribution in [2.75, 3.05) is 13.6 Å². The van der Waals surface area contributed by atoms with Crippen LogP contribution in [-0.2, 0) is 6.42 Å². The van der Waals surface area contributed by atoms with Crippen LogP contribution in [0.2, 0.25) is 0 Å². The summed E-state index contributed by atoms with van der Waals surface area (Å²) in [4.78, 5) is 2.21. The van der Waals surface area contributed by atoms with Crippen LogP contribution in [-0.4, -0.2) is 18.5 Å². The molecule has 0 aromatic heterocycles. The molecule has 1 heteroatoms. The second kappa shape index (κ2) is 10.4. The molecule has 1 fully saturated rings. The second-order valence-electron chi connectivity index (χ2n) is 7.07. The average molecular weight is 328 g/mol. The zero-order valence-electron chi connectivity index (χ0n) is 16.6. The molecule has 0 bridgehead atoms. The Morgan fingerprint density at radius 1 is 1.21 bits per heavy atom. The minimum Gasteiger partial charge on any atom is -0.378 e. The Kier molecular flexibility index (Phi) is 8.89. The van der Waals surface area contributed by atoms with Gasteiger partial charge in [-0.2, -0.15) is 0 Å². The van der Waals surface area contributed by atoms with Gasteiger partial charge in [0.15, 0.2) is 0 Å². The molecule has 2 rings (SSSR count). The van der Waals surface area contributed by atoms with E-state index in [1.165, 1.54) is 66.6 Å². The van der Waals surface area contributed by atoms with Crippen LogP contribution in [0.15, 0.2) is 37.1 Å². The van der Waals surface area contributed by atoms with Crippen molar-refractivity contribution in [3.63, 3.8) is 0 Å². The van der Waals surface area contributed by atoms with Gasteiger partial charge in [-0.25, -0.2) is 0 Å². The Hall–Kier alpha value is -1.50. The molecule has 0 saturated carbocycles. The quantitative estimate of drug-likeness (QED) is 0.535. The summed E-state index contributed by atoms with van der Waals surface area (Å²) in [5.74, 6) is 0.529. The van der Waals surface area contributed by atoms with E-state index >= 15 is 0 Å². The van der Waals surface area contributed by atoms with E-state index in [1.54, 1.807) is 0 Å². The van der Waals surface area contributed by atoms with Crippen molar-refractivity contribution in [1.29, 1.82) is 0 Å². The van der Waals surface area contributed by atoms with Crippen molar-refractivity contribution in [2.45, 2.75) is 72.1 Å². The summed E-state index contributed by atoms with van der Waals surface area (Å²) in [7, 11) is 2.09. The molecule has 1 aliphatic rings. The molecule has 1 aromatic carbocycles. The summed E-state index contributed by atoms with van der Waals surface area (Å²) >= 11 is 0. The van der Waals surface area contributed by atoms with Crippen LogP contribution in [0.5, 0.6) is 0 Å². The van der Waals surface area contributed by atoms with Crippen LogP contribution in [0.3, 0.4) is 0 Å². The van der Waals surface area contributed by atoms with Gasteiger partial charge in [0.1, 0.15) is 0 Å². The molecule has 1 heterocycles. The number of nitrogens with zero attached hydrogens (tertiary/aromatic N) is 1. The van der Waals surface area contributed by atoms with Gasteiger partial charge in [-0.3, -0.25) is 0 Å². The summed E-state index contributed by atoms with van der Waals surface area (Å²) < 4.78 is 0. The van der Waals surface area contributed by atoms with E-state index in [0.29, 0.717) is 5.92 Å². The van der Waals surface area contributed by atoms with E-state index in [-0.39, 0.29) is 0 Å². The van der Waals surface area contributed by atoms with Crippen LogP contribution in [0, 0.1) is 13.8 Å². The Balaban J connectivity index is 0.000000341. The van der Waals surface area contributed by atoms with Crippen molar-refractivity contribution in [3.8, 4) is 0 Å². The highest BCUT2D eigenvalue weighted by atomic mass is 15.1. The Bertz CT molecular complexity index is 518. The first-order chi connectivity index (χ1) is 11.4. The van der Waals surface area contributed by atoms with Gasteiger partial charge in [-0.1, -0.05) is 51.5 Å². The Labute approximate surface area is 150 Å². The van der Waals surface area contributed by atoms with Gasteiger partial charge in [0.2, 0.25) is 0 Å². The lowest BCUT2D eigenvalue weighted by atomic mass is 9.86. The maximum atomic E-state index is 4.02. The van der Waals surface area contributed by atoms with Gasteiger partial charge in [-0.15, -0.1) is 6.58 Å². The number of rotatable bonds is 6. The number of aryl methyl sites for hydroxylation is 3. The molecule has 1 saturated heterocycles. The minimum absolute atomic E-state index is 0.529. The standard InChI is InChI=1S/C17H26.C6H11N/c1-6-9-10-16(8-3)17-13(4)11-15(7-2)12-14(17)5;1-6-4-3-5-7(6)2/h8,11-12,16H,3,6-7,9-10H2,1-2,4-5H3;1,3-5H2,2H3. The van der Waals surface area contributed by atoms with E-state index in [1.807, 2.05) is 0 Å². The Morgan fingerprint density at radius 2 is 1.83 bits per heavy atom. The first-order valence-corrected chi connectivity index (χ1v) is 9.56. The third kappa shape index (κ3) is 5.85. The number of likely N-dealkylation sites (tertiary alicyclic amines) is 1. The van der Waals surface area contributed by atoms with E-state index in [9.17, 15) is 0 Å². The molecule has 0 spiro atoms. The molecule has 1 aliphatic heterocycles. The summed E-state index contributed by atoms with van der Waals surface area (Å²) in [5.41, 5.74) is 7.11. The predicted molar refractivity (Wildman–Crippen MR) is 109 cm³/mol. The fourth-order valence-electron chi connectivity index (χ4n) is 3.53. The lowest BCUT2D eigenvalue weighted by molar-refractivity contribution is 0.483. The Morgan fingerprint density at radius 3 is 2.17 bits per heavy atom. The van der Waals surface area contributed by atoms with Gasteiger partial charge in [0, 0.05) is 25.2 Å². The molecular weight excluding hydrogens is 290 g/mol. The van der Waals surface area contributed by atoms with E-state index < -0.39 is 0 Å². The highest BCUT2D eigenvalue weighted by molar-refractivity contribution is 5.41. The number of benzene rings is 1. The zero-order valence-corrected chi connectivity index (χ0v) is 16.6. The highest BCUT2D eigenvalue weighted by Crippen LogP contribution is 2.30. The van der Waals surface area contributed by atoms with Gasteiger partial charge in [0.05, 0.1) is 0 Å². The summed E-state index contributed by atoms with van der Waals surface area (Å²) in [6.07, 6.45) is 9.52. The average Bonchev–Trinajstić information content (AvgIpc) is 2.93. The fourth-order valence-corrected chi connectivity index (χ4v) is 3.53. The van der Waals surface area contributed by atoms with Gasteiger partial charge < -0.3 is 4.90 Å². The number of allylic oxidation sites excluding steroid dienone is 2. The SMILES string of the molecule is C=C1CCCN1C.C=CC(CCCC)c1c(C)cc(CC)cc1C. The number of hydrogen-bond donors (Lipinski definition) is 0. The molecule has 1 unspecified atom stereocenters. The van der Waals surface area contributed by atoms with Gasteiger partial charge in [-0.05, 0) is 61.8 Å². The first kappa shape index (κ1) is 20.5. The lowest BCUT2D eigenvalue weighted by Crippen LogP contribution is -2.08. The summed E-state index contributed by atoms with van der Waals surface area (Å²) in [6.45, 7) is 18.0. The number of hydrogen-bond acceptors (Lipinski definition) is 1. The predicted octanol–water partition coefficient (Wildman–Crippen LogP) is 6.55. The van der Waals surface area contributed by atoms with Crippen molar-refractivity contribution in [3.05, 3.63) is 59.3 Å². The normalized spacial score (nSPS) is 15.0. The van der Waals surface area contributed by atoms with Gasteiger partial charge >= 0.3 is 0 Å². The van der Waals surface area contributed by atoms with Crippen LogP contribution >= 0.6 is 0 Å². The van der Waals surface area contributed by atoms with Crippen LogP contribution in [0.4, 0.5) is 0 Å². The summed E-state index contributed by atoms with van der Waals surface area (Å²) in [6, 6.07) is 4.68. The van der Waals surface area contributed by atoms with Crippen molar-refractivity contribution >= 4 is 0 Å². The molecule has 1 aromatic rings. The topological polar surface area (TPSA) is 3.24 Å². The molecule has 1 nitrogen and oxygen atoms in total.